The van der Waals surface area contributed by atoms with Crippen molar-refractivity contribution in [3.63, 3.8) is 0 Å². The highest BCUT2D eigenvalue weighted by atomic mass is 16.5. The van der Waals surface area contributed by atoms with E-state index in [2.05, 4.69) is 10.4 Å². The Hall–Kier alpha value is -2.50. The van der Waals surface area contributed by atoms with E-state index in [1.165, 1.54) is 0 Å². The first-order valence-corrected chi connectivity index (χ1v) is 6.24. The molecule has 2 rings (SSSR count). The Labute approximate surface area is 117 Å². The minimum Gasteiger partial charge on any atom is -0.497 e. The van der Waals surface area contributed by atoms with Crippen molar-refractivity contribution in [2.45, 2.75) is 20.4 Å². The van der Waals surface area contributed by atoms with Crippen molar-refractivity contribution in [2.24, 2.45) is 0 Å². The summed E-state index contributed by atoms with van der Waals surface area (Å²) >= 11 is 0. The van der Waals surface area contributed by atoms with Crippen LogP contribution in [-0.2, 0) is 11.3 Å². The average Bonchev–Trinajstić information content (AvgIpc) is 2.67. The molecule has 1 aromatic heterocycles. The quantitative estimate of drug-likeness (QED) is 0.889. The van der Waals surface area contributed by atoms with Gasteiger partial charge in [0.25, 0.3) is 0 Å². The number of methoxy groups -OCH3 is 1. The molecule has 20 heavy (non-hydrogen) atoms. The summed E-state index contributed by atoms with van der Waals surface area (Å²) in [6, 6.07) is 7.15. The van der Waals surface area contributed by atoms with Gasteiger partial charge in [-0.3, -0.25) is 9.48 Å². The molecule has 0 bridgehead atoms. The Morgan fingerprint density at radius 1 is 1.35 bits per heavy atom. The number of nitrogens with one attached hydrogen (secondary N) is 1. The number of ether oxygens (including phenoxy) is 1. The summed E-state index contributed by atoms with van der Waals surface area (Å²) in [7, 11) is 1.60. The third kappa shape index (κ3) is 2.90. The number of nitrogens with two attached hydrogens (primary N) is 1. The largest absolute Gasteiger partial charge is 0.497 e. The molecule has 0 spiro atoms. The number of benzene rings is 1. The molecule has 0 saturated carbocycles. The lowest BCUT2D eigenvalue weighted by atomic mass is 10.3. The van der Waals surface area contributed by atoms with Gasteiger partial charge in [0.1, 0.15) is 12.3 Å². The third-order valence-corrected chi connectivity index (χ3v) is 3.10. The molecule has 1 heterocycles. The molecular formula is C14H18N4O2. The molecule has 6 nitrogen and oxygen atoms in total. The number of hydrogen-bond acceptors (Lipinski definition) is 4. The van der Waals surface area contributed by atoms with E-state index >= 15 is 0 Å². The fourth-order valence-electron chi connectivity index (χ4n) is 1.88. The van der Waals surface area contributed by atoms with Crippen LogP contribution in [-0.4, -0.2) is 22.8 Å². The molecule has 1 aromatic carbocycles. The second-order valence-electron chi connectivity index (χ2n) is 4.52. The molecule has 106 valence electrons. The number of amides is 1. The smallest absolute Gasteiger partial charge is 0.246 e. The molecule has 0 aliphatic rings. The van der Waals surface area contributed by atoms with Crippen LogP contribution in [0.3, 0.4) is 0 Å². The van der Waals surface area contributed by atoms with Gasteiger partial charge < -0.3 is 15.8 Å². The number of aromatic nitrogens is 2. The summed E-state index contributed by atoms with van der Waals surface area (Å²) in [6.45, 7) is 3.80. The number of hydrogen-bond donors (Lipinski definition) is 2. The number of carbonyl (C=O) groups is 1. The van der Waals surface area contributed by atoms with Crippen molar-refractivity contribution in [3.8, 4) is 5.75 Å². The van der Waals surface area contributed by atoms with Gasteiger partial charge in [0.15, 0.2) is 0 Å². The zero-order valence-corrected chi connectivity index (χ0v) is 11.8. The van der Waals surface area contributed by atoms with E-state index in [1.54, 1.807) is 36.1 Å². The second-order valence-corrected chi connectivity index (χ2v) is 4.52. The van der Waals surface area contributed by atoms with Crippen LogP contribution in [0.5, 0.6) is 5.75 Å². The van der Waals surface area contributed by atoms with E-state index < -0.39 is 0 Å². The summed E-state index contributed by atoms with van der Waals surface area (Å²) < 4.78 is 6.66. The van der Waals surface area contributed by atoms with Crippen LogP contribution >= 0.6 is 0 Å². The topological polar surface area (TPSA) is 82.2 Å². The minimum absolute atomic E-state index is 0.135. The van der Waals surface area contributed by atoms with Gasteiger partial charge in [-0.15, -0.1) is 0 Å². The monoisotopic (exact) mass is 274 g/mol. The highest BCUT2D eigenvalue weighted by molar-refractivity contribution is 5.90. The van der Waals surface area contributed by atoms with Gasteiger partial charge in [0, 0.05) is 5.69 Å². The maximum Gasteiger partial charge on any atom is 0.246 e. The molecule has 1 amide bonds. The van der Waals surface area contributed by atoms with Crippen LogP contribution in [0.25, 0.3) is 0 Å². The van der Waals surface area contributed by atoms with Crippen molar-refractivity contribution in [1.29, 1.82) is 0 Å². The maximum absolute atomic E-state index is 12.0. The molecule has 0 fully saturated rings. The third-order valence-electron chi connectivity index (χ3n) is 3.10. The van der Waals surface area contributed by atoms with Crippen LogP contribution in [0.2, 0.25) is 0 Å². The Morgan fingerprint density at radius 2 is 2.00 bits per heavy atom. The van der Waals surface area contributed by atoms with Crippen molar-refractivity contribution in [3.05, 3.63) is 35.7 Å². The van der Waals surface area contributed by atoms with Gasteiger partial charge in [-0.2, -0.15) is 5.10 Å². The van der Waals surface area contributed by atoms with Crippen molar-refractivity contribution >= 4 is 17.3 Å². The van der Waals surface area contributed by atoms with Crippen molar-refractivity contribution < 1.29 is 9.53 Å². The zero-order valence-electron chi connectivity index (χ0n) is 11.8. The predicted molar refractivity (Wildman–Crippen MR) is 77.7 cm³/mol. The number of nitrogen functional groups attached to an aromatic ring is 1. The number of nitrogens with zero attached hydrogens (tertiary/aromatic N) is 2. The van der Waals surface area contributed by atoms with Gasteiger partial charge in [0.05, 0.1) is 24.2 Å². The van der Waals surface area contributed by atoms with Crippen molar-refractivity contribution in [1.82, 2.24) is 9.78 Å². The van der Waals surface area contributed by atoms with Gasteiger partial charge in [-0.25, -0.2) is 0 Å². The van der Waals surface area contributed by atoms with Crippen LogP contribution in [0, 0.1) is 13.8 Å². The first-order valence-electron chi connectivity index (χ1n) is 6.24. The summed E-state index contributed by atoms with van der Waals surface area (Å²) in [5, 5.41) is 7.03. The van der Waals surface area contributed by atoms with Gasteiger partial charge >= 0.3 is 0 Å². The Kier molecular flexibility index (Phi) is 3.93. The first kappa shape index (κ1) is 13.9. The van der Waals surface area contributed by atoms with Gasteiger partial charge in [0.2, 0.25) is 5.91 Å². The molecule has 0 unspecified atom stereocenters. The molecule has 0 atom stereocenters. The molecule has 3 N–H and O–H groups in total. The lowest BCUT2D eigenvalue weighted by Crippen LogP contribution is -2.20. The summed E-state index contributed by atoms with van der Waals surface area (Å²) in [4.78, 5) is 12.0. The zero-order chi connectivity index (χ0) is 14.7. The van der Waals surface area contributed by atoms with Crippen molar-refractivity contribution in [2.75, 3.05) is 18.2 Å². The van der Waals surface area contributed by atoms with Crippen LogP contribution in [0.15, 0.2) is 24.3 Å². The molecule has 0 radical (unpaired) electrons. The van der Waals surface area contributed by atoms with E-state index in [0.717, 1.165) is 17.1 Å². The standard InChI is InChI=1S/C14H18N4O2/c1-9-14(15)10(2)18(17-9)8-13(19)16-11-4-6-12(20-3)7-5-11/h4-7H,8,15H2,1-3H3,(H,16,19). The lowest BCUT2D eigenvalue weighted by molar-refractivity contribution is -0.116. The predicted octanol–water partition coefficient (Wildman–Crippen LogP) is 1.73. The minimum atomic E-state index is -0.152. The highest BCUT2D eigenvalue weighted by Crippen LogP contribution is 2.16. The molecule has 0 aliphatic carbocycles. The molecular weight excluding hydrogens is 256 g/mol. The van der Waals surface area contributed by atoms with E-state index in [0.29, 0.717) is 11.4 Å². The van der Waals surface area contributed by atoms with Crippen LogP contribution in [0.1, 0.15) is 11.4 Å². The van der Waals surface area contributed by atoms with Gasteiger partial charge in [-0.05, 0) is 38.1 Å². The van der Waals surface area contributed by atoms with Crippen LogP contribution in [0.4, 0.5) is 11.4 Å². The average molecular weight is 274 g/mol. The summed E-state index contributed by atoms with van der Waals surface area (Å²) in [6.07, 6.45) is 0. The van der Waals surface area contributed by atoms with E-state index in [4.69, 9.17) is 10.5 Å². The SMILES string of the molecule is COc1ccc(NC(=O)Cn2nc(C)c(N)c2C)cc1. The van der Waals surface area contributed by atoms with Gasteiger partial charge in [-0.1, -0.05) is 0 Å². The second kappa shape index (κ2) is 5.64. The first-order chi connectivity index (χ1) is 9.51. The van der Waals surface area contributed by atoms with E-state index in [9.17, 15) is 4.79 Å². The summed E-state index contributed by atoms with van der Waals surface area (Å²) in [5.41, 5.74) is 8.71. The number of anilines is 2. The lowest BCUT2D eigenvalue weighted by Gasteiger charge is -2.07. The normalized spacial score (nSPS) is 10.3. The molecule has 0 aliphatic heterocycles. The van der Waals surface area contributed by atoms with Crippen LogP contribution < -0.4 is 15.8 Å². The molecule has 0 saturated heterocycles. The fraction of sp³-hybridized carbons (Fsp3) is 0.286. The van der Waals surface area contributed by atoms with E-state index in [-0.39, 0.29) is 12.5 Å². The summed E-state index contributed by atoms with van der Waals surface area (Å²) in [5.74, 6) is 0.593. The Bertz CT molecular complexity index is 617. The number of rotatable bonds is 4. The number of carbonyl (C=O) groups excluding carboxylic acids is 1. The Balaban J connectivity index is 2.03. The number of aryl methyl sites for hydroxylation is 1. The highest BCUT2D eigenvalue weighted by Gasteiger charge is 2.11. The fourth-order valence-corrected chi connectivity index (χ4v) is 1.88. The molecule has 2 aromatic rings. The maximum atomic E-state index is 12.0. The van der Waals surface area contributed by atoms with E-state index in [1.807, 2.05) is 13.8 Å². The Morgan fingerprint density at radius 3 is 2.50 bits per heavy atom. The molecule has 6 heteroatoms.